The predicted molar refractivity (Wildman–Crippen MR) is 108 cm³/mol. The highest BCUT2D eigenvalue weighted by Crippen LogP contribution is 2.21. The minimum absolute atomic E-state index is 0.172. The molecule has 1 heterocycles. The maximum atomic E-state index is 12.3. The topological polar surface area (TPSA) is 93.5 Å². The molecule has 7 nitrogen and oxygen atoms in total. The smallest absolute Gasteiger partial charge is 0.255 e. The summed E-state index contributed by atoms with van der Waals surface area (Å²) in [6.07, 6.45) is 0. The van der Waals surface area contributed by atoms with Gasteiger partial charge >= 0.3 is 0 Å². The van der Waals surface area contributed by atoms with Crippen LogP contribution >= 0.6 is 11.8 Å². The number of anilines is 2. The number of nitrogens with one attached hydrogen (secondary N) is 2. The van der Waals surface area contributed by atoms with Gasteiger partial charge in [-0.2, -0.15) is 0 Å². The van der Waals surface area contributed by atoms with Gasteiger partial charge in [-0.3, -0.25) is 9.59 Å². The van der Waals surface area contributed by atoms with E-state index in [-0.39, 0.29) is 17.6 Å². The average Bonchev–Trinajstić information content (AvgIpc) is 3.12. The number of hydrogen-bond donors (Lipinski definition) is 2. The summed E-state index contributed by atoms with van der Waals surface area (Å²) in [5.41, 5.74) is 1.18. The third-order valence-corrected chi connectivity index (χ3v) is 4.72. The normalized spacial score (nSPS) is 10.4. The number of thioether (sulfide) groups is 1. The lowest BCUT2D eigenvalue weighted by Gasteiger charge is -2.08. The van der Waals surface area contributed by atoms with Gasteiger partial charge in [0.1, 0.15) is 11.5 Å². The fraction of sp³-hybridized carbons (Fsp3) is 0.150. The molecule has 2 N–H and O–H groups in total. The van der Waals surface area contributed by atoms with Crippen LogP contribution in [-0.2, 0) is 4.79 Å². The number of aryl methyl sites for hydroxylation is 1. The molecule has 28 heavy (non-hydrogen) atoms. The second-order valence-corrected chi connectivity index (χ2v) is 6.92. The zero-order valence-corrected chi connectivity index (χ0v) is 16.2. The van der Waals surface area contributed by atoms with Gasteiger partial charge < -0.3 is 19.9 Å². The van der Waals surface area contributed by atoms with E-state index in [4.69, 9.17) is 9.26 Å². The number of amides is 2. The van der Waals surface area contributed by atoms with Crippen LogP contribution in [0.4, 0.5) is 11.5 Å². The number of nitrogens with zero attached hydrogens (tertiary/aromatic N) is 1. The highest BCUT2D eigenvalue weighted by Gasteiger charge is 2.09. The van der Waals surface area contributed by atoms with Crippen molar-refractivity contribution in [2.24, 2.45) is 0 Å². The summed E-state index contributed by atoms with van der Waals surface area (Å²) in [5.74, 6) is 1.50. The number of carbonyl (C=O) groups is 2. The van der Waals surface area contributed by atoms with E-state index >= 15 is 0 Å². The van der Waals surface area contributed by atoms with Gasteiger partial charge in [0.25, 0.3) is 5.91 Å². The van der Waals surface area contributed by atoms with Gasteiger partial charge in [0.05, 0.1) is 12.9 Å². The average molecular weight is 397 g/mol. The largest absolute Gasteiger partial charge is 0.497 e. The van der Waals surface area contributed by atoms with Crippen molar-refractivity contribution in [2.75, 3.05) is 23.5 Å². The Kier molecular flexibility index (Phi) is 6.33. The summed E-state index contributed by atoms with van der Waals surface area (Å²) >= 11 is 1.38. The molecule has 2 aromatic carbocycles. The Morgan fingerprint density at radius 1 is 1.11 bits per heavy atom. The minimum atomic E-state index is -0.221. The van der Waals surface area contributed by atoms with Crippen LogP contribution < -0.4 is 15.4 Å². The number of methoxy groups -OCH3 is 1. The van der Waals surface area contributed by atoms with E-state index in [1.165, 1.54) is 11.8 Å². The molecule has 0 spiro atoms. The van der Waals surface area contributed by atoms with Gasteiger partial charge in [-0.05, 0) is 49.4 Å². The standard InChI is InChI=1S/C20H19N3O4S/c1-13-10-18(23-27-13)22-19(24)12-28-17-8-6-15(7-9-17)21-20(25)14-4-3-5-16(11-14)26-2/h3-11H,12H2,1-2H3,(H,21,25)(H,22,23,24). The van der Waals surface area contributed by atoms with Crippen LogP contribution in [0.25, 0.3) is 0 Å². The van der Waals surface area contributed by atoms with Crippen LogP contribution in [0.3, 0.4) is 0 Å². The number of hydrogen-bond acceptors (Lipinski definition) is 6. The first-order valence-corrected chi connectivity index (χ1v) is 9.43. The van der Waals surface area contributed by atoms with Crippen LogP contribution in [0, 0.1) is 6.92 Å². The van der Waals surface area contributed by atoms with Gasteiger partial charge in [0.2, 0.25) is 5.91 Å². The molecule has 8 heteroatoms. The fourth-order valence-electron chi connectivity index (χ4n) is 2.36. The van der Waals surface area contributed by atoms with Crippen molar-refractivity contribution in [1.29, 1.82) is 0 Å². The van der Waals surface area contributed by atoms with Crippen molar-refractivity contribution in [3.8, 4) is 5.75 Å². The van der Waals surface area contributed by atoms with Crippen LogP contribution in [0.15, 0.2) is 64.0 Å². The first kappa shape index (κ1) is 19.5. The van der Waals surface area contributed by atoms with Crippen molar-refractivity contribution in [3.05, 3.63) is 65.9 Å². The summed E-state index contributed by atoms with van der Waals surface area (Å²) in [6, 6.07) is 15.9. The van der Waals surface area contributed by atoms with Crippen molar-refractivity contribution >= 4 is 35.1 Å². The quantitative estimate of drug-likeness (QED) is 0.586. The van der Waals surface area contributed by atoms with Crippen molar-refractivity contribution < 1.29 is 18.8 Å². The van der Waals surface area contributed by atoms with Crippen LogP contribution in [0.5, 0.6) is 5.75 Å². The van der Waals surface area contributed by atoms with E-state index < -0.39 is 0 Å². The van der Waals surface area contributed by atoms with Gasteiger partial charge in [0, 0.05) is 22.2 Å². The Labute approximate surface area is 166 Å². The molecule has 0 fully saturated rings. The van der Waals surface area contributed by atoms with Crippen LogP contribution in [0.2, 0.25) is 0 Å². The van der Waals surface area contributed by atoms with Crippen LogP contribution in [0.1, 0.15) is 16.1 Å². The molecule has 3 aromatic rings. The summed E-state index contributed by atoms with van der Waals surface area (Å²) in [4.78, 5) is 25.2. The first-order chi connectivity index (χ1) is 13.5. The summed E-state index contributed by atoms with van der Waals surface area (Å²) in [6.45, 7) is 1.76. The van der Waals surface area contributed by atoms with E-state index in [1.807, 2.05) is 12.1 Å². The molecule has 0 saturated carbocycles. The third kappa shape index (κ3) is 5.37. The molecule has 0 saturated heterocycles. The first-order valence-electron chi connectivity index (χ1n) is 8.45. The summed E-state index contributed by atoms with van der Waals surface area (Å²) in [7, 11) is 1.56. The zero-order valence-electron chi connectivity index (χ0n) is 15.4. The molecule has 0 atom stereocenters. The highest BCUT2D eigenvalue weighted by atomic mass is 32.2. The molecule has 0 aliphatic carbocycles. The Hall–Kier alpha value is -3.26. The van der Waals surface area contributed by atoms with Crippen molar-refractivity contribution in [2.45, 2.75) is 11.8 Å². The number of aromatic nitrogens is 1. The summed E-state index contributed by atoms with van der Waals surface area (Å²) in [5, 5.41) is 9.22. The van der Waals surface area contributed by atoms with Gasteiger partial charge in [-0.15, -0.1) is 11.8 Å². The number of benzene rings is 2. The third-order valence-electron chi connectivity index (χ3n) is 3.71. The molecule has 0 aliphatic rings. The second kappa shape index (κ2) is 9.09. The number of ether oxygens (including phenoxy) is 1. The minimum Gasteiger partial charge on any atom is -0.497 e. The highest BCUT2D eigenvalue weighted by molar-refractivity contribution is 8.00. The van der Waals surface area contributed by atoms with E-state index in [0.29, 0.717) is 28.6 Å². The number of rotatable bonds is 7. The Morgan fingerprint density at radius 2 is 1.89 bits per heavy atom. The Morgan fingerprint density at radius 3 is 2.57 bits per heavy atom. The number of carbonyl (C=O) groups excluding carboxylic acids is 2. The molecule has 144 valence electrons. The SMILES string of the molecule is COc1cccc(C(=O)Nc2ccc(SCC(=O)Nc3cc(C)on3)cc2)c1. The lowest BCUT2D eigenvalue weighted by atomic mass is 10.2. The lowest BCUT2D eigenvalue weighted by Crippen LogP contribution is -2.14. The van der Waals surface area contributed by atoms with Gasteiger partial charge in [-0.25, -0.2) is 0 Å². The molecule has 1 aromatic heterocycles. The Balaban J connectivity index is 1.51. The van der Waals surface area contributed by atoms with E-state index in [0.717, 1.165) is 4.90 Å². The monoisotopic (exact) mass is 397 g/mol. The summed E-state index contributed by atoms with van der Waals surface area (Å²) < 4.78 is 10.0. The predicted octanol–water partition coefficient (Wildman–Crippen LogP) is 3.97. The van der Waals surface area contributed by atoms with E-state index in [2.05, 4.69) is 15.8 Å². The molecule has 0 aliphatic heterocycles. The lowest BCUT2D eigenvalue weighted by molar-refractivity contribution is -0.113. The van der Waals surface area contributed by atoms with E-state index in [9.17, 15) is 9.59 Å². The molecule has 0 unspecified atom stereocenters. The zero-order chi connectivity index (χ0) is 19.9. The molecular formula is C20H19N3O4S. The molecule has 2 amide bonds. The fourth-order valence-corrected chi connectivity index (χ4v) is 3.05. The van der Waals surface area contributed by atoms with E-state index in [1.54, 1.807) is 56.5 Å². The van der Waals surface area contributed by atoms with Crippen molar-refractivity contribution in [1.82, 2.24) is 5.16 Å². The maximum Gasteiger partial charge on any atom is 0.255 e. The molecule has 0 radical (unpaired) electrons. The van der Waals surface area contributed by atoms with Gasteiger partial charge in [0.15, 0.2) is 5.82 Å². The van der Waals surface area contributed by atoms with Gasteiger partial charge in [-0.1, -0.05) is 11.2 Å². The molecule has 0 bridgehead atoms. The molecular weight excluding hydrogens is 378 g/mol. The van der Waals surface area contributed by atoms with Crippen LogP contribution in [-0.4, -0.2) is 29.8 Å². The van der Waals surface area contributed by atoms with Crippen molar-refractivity contribution in [3.63, 3.8) is 0 Å². The Bertz CT molecular complexity index is 970. The maximum absolute atomic E-state index is 12.3. The molecule has 3 rings (SSSR count). The second-order valence-electron chi connectivity index (χ2n) is 5.87.